The quantitative estimate of drug-likeness (QED) is 0.687. The number of hydrogen-bond donors (Lipinski definition) is 0. The second kappa shape index (κ2) is 5.62. The van der Waals surface area contributed by atoms with E-state index in [2.05, 4.69) is 6.07 Å². The summed E-state index contributed by atoms with van der Waals surface area (Å²) in [6.07, 6.45) is 0. The van der Waals surface area contributed by atoms with E-state index in [-0.39, 0.29) is 0 Å². The maximum atomic E-state index is 5.89. The van der Waals surface area contributed by atoms with Crippen LogP contribution in [0.2, 0.25) is 5.02 Å². The molecule has 0 N–H and O–H groups in total. The molecule has 0 aromatic heterocycles. The Labute approximate surface area is 110 Å². The predicted molar refractivity (Wildman–Crippen MR) is 71.6 cm³/mol. The molecule has 0 aliphatic heterocycles. The van der Waals surface area contributed by atoms with Crippen molar-refractivity contribution in [3.8, 4) is 0 Å². The van der Waals surface area contributed by atoms with Crippen molar-refractivity contribution in [2.24, 2.45) is 0 Å². The Morgan fingerprint density at radius 3 is 2.31 bits per heavy atom. The van der Waals surface area contributed by atoms with Crippen molar-refractivity contribution in [3.05, 3.63) is 59.1 Å². The van der Waals surface area contributed by atoms with Crippen molar-refractivity contribution in [1.29, 1.82) is 0 Å². The molecular weight excluding hydrogens is 259 g/mol. The molecule has 0 aliphatic rings. The summed E-state index contributed by atoms with van der Waals surface area (Å²) in [5, 5.41) is 0.759. The summed E-state index contributed by atoms with van der Waals surface area (Å²) in [4.78, 5) is 2.36. The van der Waals surface area contributed by atoms with Gasteiger partial charge in [-0.1, -0.05) is 41.6 Å². The number of rotatable bonds is 3. The Kier molecular flexibility index (Phi) is 4.16. The van der Waals surface area contributed by atoms with Gasteiger partial charge in [0.1, 0.15) is 0 Å². The molecule has 16 heavy (non-hydrogen) atoms. The van der Waals surface area contributed by atoms with E-state index in [0.29, 0.717) is 5.88 Å². The zero-order chi connectivity index (χ0) is 11.4. The minimum Gasteiger partial charge on any atom is -0.122 e. The molecule has 2 aromatic carbocycles. The monoisotopic (exact) mass is 268 g/mol. The molecule has 0 aliphatic carbocycles. The van der Waals surface area contributed by atoms with E-state index >= 15 is 0 Å². The van der Waals surface area contributed by atoms with Gasteiger partial charge in [-0.25, -0.2) is 0 Å². The summed E-state index contributed by atoms with van der Waals surface area (Å²) in [5.41, 5.74) is 1.16. The van der Waals surface area contributed by atoms with Crippen LogP contribution < -0.4 is 0 Å². The smallest absolute Gasteiger partial charge is 0.0485 e. The minimum absolute atomic E-state index is 0.538. The summed E-state index contributed by atoms with van der Waals surface area (Å²) in [6.45, 7) is 0. The summed E-state index contributed by atoms with van der Waals surface area (Å²) < 4.78 is 0. The third-order valence-electron chi connectivity index (χ3n) is 2.16. The zero-order valence-electron chi connectivity index (χ0n) is 8.49. The second-order valence-electron chi connectivity index (χ2n) is 3.30. The number of alkyl halides is 1. The first kappa shape index (κ1) is 11.8. The van der Waals surface area contributed by atoms with Crippen molar-refractivity contribution in [2.75, 3.05) is 0 Å². The van der Waals surface area contributed by atoms with Gasteiger partial charge in [-0.05, 0) is 35.9 Å². The second-order valence-corrected chi connectivity index (χ2v) is 5.12. The molecule has 0 amide bonds. The SMILES string of the molecule is ClCc1ccccc1Sc1ccc(Cl)cc1. The fraction of sp³-hybridized carbons (Fsp3) is 0.0769. The van der Waals surface area contributed by atoms with Crippen LogP contribution in [-0.4, -0.2) is 0 Å². The molecule has 0 radical (unpaired) electrons. The highest BCUT2D eigenvalue weighted by Crippen LogP contribution is 2.31. The average molecular weight is 269 g/mol. The van der Waals surface area contributed by atoms with Gasteiger partial charge in [0.05, 0.1) is 0 Å². The Hall–Kier alpha value is -0.630. The van der Waals surface area contributed by atoms with Gasteiger partial charge in [0.25, 0.3) is 0 Å². The summed E-state index contributed by atoms with van der Waals surface area (Å²) in [5.74, 6) is 0.538. The lowest BCUT2D eigenvalue weighted by molar-refractivity contribution is 1.25. The van der Waals surface area contributed by atoms with Crippen molar-refractivity contribution < 1.29 is 0 Å². The van der Waals surface area contributed by atoms with Crippen LogP contribution >= 0.6 is 35.0 Å². The maximum absolute atomic E-state index is 5.89. The van der Waals surface area contributed by atoms with Crippen LogP contribution in [0, 0.1) is 0 Å². The summed E-state index contributed by atoms with van der Waals surface area (Å²) in [7, 11) is 0. The van der Waals surface area contributed by atoms with Gasteiger partial charge in [0.15, 0.2) is 0 Å². The van der Waals surface area contributed by atoms with Gasteiger partial charge in [-0.2, -0.15) is 0 Å². The molecule has 0 bridgehead atoms. The topological polar surface area (TPSA) is 0 Å². The highest BCUT2D eigenvalue weighted by Gasteiger charge is 2.02. The molecule has 0 saturated carbocycles. The molecule has 2 rings (SSSR count). The molecule has 0 fully saturated rings. The molecule has 3 heteroatoms. The lowest BCUT2D eigenvalue weighted by Gasteiger charge is -2.06. The molecule has 82 valence electrons. The van der Waals surface area contributed by atoms with Crippen LogP contribution in [0.4, 0.5) is 0 Å². The van der Waals surface area contributed by atoms with E-state index in [1.807, 2.05) is 42.5 Å². The van der Waals surface area contributed by atoms with Crippen LogP contribution in [0.25, 0.3) is 0 Å². The number of benzene rings is 2. The van der Waals surface area contributed by atoms with Crippen LogP contribution in [0.3, 0.4) is 0 Å². The van der Waals surface area contributed by atoms with Crippen molar-refractivity contribution in [3.63, 3.8) is 0 Å². The van der Waals surface area contributed by atoms with Gasteiger partial charge in [-0.15, -0.1) is 11.6 Å². The predicted octanol–water partition coefficient (Wildman–Crippen LogP) is 5.23. The lowest BCUT2D eigenvalue weighted by atomic mass is 10.2. The summed E-state index contributed by atoms with van der Waals surface area (Å²) >= 11 is 13.4. The maximum Gasteiger partial charge on any atom is 0.0485 e. The molecule has 0 spiro atoms. The fourth-order valence-electron chi connectivity index (χ4n) is 1.34. The van der Waals surface area contributed by atoms with E-state index in [0.717, 1.165) is 10.6 Å². The van der Waals surface area contributed by atoms with Gasteiger partial charge in [-0.3, -0.25) is 0 Å². The van der Waals surface area contributed by atoms with Crippen LogP contribution in [0.5, 0.6) is 0 Å². The third-order valence-corrected chi connectivity index (χ3v) is 3.82. The van der Waals surface area contributed by atoms with Gasteiger partial charge >= 0.3 is 0 Å². The molecule has 0 unspecified atom stereocenters. The fourth-order valence-corrected chi connectivity index (χ4v) is 2.73. The van der Waals surface area contributed by atoms with E-state index in [9.17, 15) is 0 Å². The van der Waals surface area contributed by atoms with E-state index < -0.39 is 0 Å². The molecule has 2 aromatic rings. The highest BCUT2D eigenvalue weighted by molar-refractivity contribution is 7.99. The first-order valence-corrected chi connectivity index (χ1v) is 6.60. The van der Waals surface area contributed by atoms with Gasteiger partial charge < -0.3 is 0 Å². The Morgan fingerprint density at radius 1 is 0.938 bits per heavy atom. The standard InChI is InChI=1S/C13H10Cl2S/c14-9-10-3-1-2-4-13(10)16-12-7-5-11(15)6-8-12/h1-8H,9H2. The molecule has 0 atom stereocenters. The van der Waals surface area contributed by atoms with Crippen LogP contribution in [0.15, 0.2) is 58.3 Å². The van der Waals surface area contributed by atoms with Crippen molar-refractivity contribution in [2.45, 2.75) is 15.7 Å². The molecule has 0 heterocycles. The molecule has 0 saturated heterocycles. The Morgan fingerprint density at radius 2 is 1.62 bits per heavy atom. The first-order chi connectivity index (χ1) is 7.79. The largest absolute Gasteiger partial charge is 0.122 e. The Balaban J connectivity index is 2.23. The first-order valence-electron chi connectivity index (χ1n) is 4.87. The van der Waals surface area contributed by atoms with Crippen LogP contribution in [0.1, 0.15) is 5.56 Å². The minimum atomic E-state index is 0.538. The van der Waals surface area contributed by atoms with E-state index in [1.165, 1.54) is 9.79 Å². The van der Waals surface area contributed by atoms with Gasteiger partial charge in [0, 0.05) is 20.7 Å². The zero-order valence-corrected chi connectivity index (χ0v) is 10.8. The normalized spacial score (nSPS) is 10.4. The Bertz CT molecular complexity index is 466. The average Bonchev–Trinajstić information content (AvgIpc) is 2.33. The van der Waals surface area contributed by atoms with E-state index in [1.54, 1.807) is 11.8 Å². The van der Waals surface area contributed by atoms with Crippen molar-refractivity contribution in [1.82, 2.24) is 0 Å². The molecular formula is C13H10Cl2S. The van der Waals surface area contributed by atoms with Crippen molar-refractivity contribution >= 4 is 35.0 Å². The number of halogens is 2. The lowest BCUT2D eigenvalue weighted by Crippen LogP contribution is -1.82. The molecule has 0 nitrogen and oxygen atoms in total. The third kappa shape index (κ3) is 2.94. The highest BCUT2D eigenvalue weighted by atomic mass is 35.5. The van der Waals surface area contributed by atoms with Crippen LogP contribution in [-0.2, 0) is 5.88 Å². The number of hydrogen-bond acceptors (Lipinski definition) is 1. The van der Waals surface area contributed by atoms with E-state index in [4.69, 9.17) is 23.2 Å². The summed E-state index contributed by atoms with van der Waals surface area (Å²) in [6, 6.07) is 16.0. The van der Waals surface area contributed by atoms with Gasteiger partial charge in [0.2, 0.25) is 0 Å².